The zero-order chi connectivity index (χ0) is 22.4. The number of carbonyl (C=O) groups is 3. The van der Waals surface area contributed by atoms with Crippen LogP contribution >= 0.6 is 34.7 Å². The maximum absolute atomic E-state index is 12.9. The lowest BCUT2D eigenvalue weighted by molar-refractivity contribution is -0.126. The first-order valence-corrected chi connectivity index (χ1v) is 11.8. The fraction of sp³-hybridized carbons (Fsp3) is 0.182. The minimum Gasteiger partial charge on any atom is -0.325 e. The van der Waals surface area contributed by atoms with Crippen molar-refractivity contribution < 1.29 is 14.4 Å². The quantitative estimate of drug-likeness (QED) is 0.553. The molecule has 2 N–H and O–H groups in total. The summed E-state index contributed by atoms with van der Waals surface area (Å²) in [6.45, 7) is -0.200. The average molecular weight is 486 g/mol. The lowest BCUT2D eigenvalue weighted by Gasteiger charge is -2.30. The van der Waals surface area contributed by atoms with E-state index < -0.39 is 17.1 Å². The van der Waals surface area contributed by atoms with E-state index in [2.05, 4.69) is 10.6 Å². The van der Waals surface area contributed by atoms with E-state index in [1.807, 2.05) is 30.3 Å². The molecule has 0 bridgehead atoms. The largest absolute Gasteiger partial charge is 0.325 e. The molecular weight excluding hydrogens is 470 g/mol. The molecule has 1 aromatic heterocycles. The summed E-state index contributed by atoms with van der Waals surface area (Å²) in [7, 11) is 0. The van der Waals surface area contributed by atoms with Crippen LogP contribution in [0.2, 0.25) is 5.02 Å². The molecule has 162 valence electrons. The van der Waals surface area contributed by atoms with E-state index >= 15 is 0 Å². The summed E-state index contributed by atoms with van der Waals surface area (Å²) in [6, 6.07) is 16.0. The third kappa shape index (κ3) is 3.66. The van der Waals surface area contributed by atoms with Gasteiger partial charge in [-0.2, -0.15) is 0 Å². The molecule has 1 saturated heterocycles. The Morgan fingerprint density at radius 3 is 2.47 bits per heavy atom. The zero-order valence-corrected chi connectivity index (χ0v) is 18.8. The van der Waals surface area contributed by atoms with Gasteiger partial charge in [-0.15, -0.1) is 0 Å². The molecule has 0 saturated carbocycles. The maximum atomic E-state index is 12.9. The lowest BCUT2D eigenvalue weighted by atomic mass is 9.83. The second kappa shape index (κ2) is 8.23. The molecule has 3 aromatic rings. The highest BCUT2D eigenvalue weighted by molar-refractivity contribution is 8.00. The van der Waals surface area contributed by atoms with Gasteiger partial charge in [0.15, 0.2) is 0 Å². The molecule has 32 heavy (non-hydrogen) atoms. The number of carbonyl (C=O) groups excluding carboxylic acids is 3. The second-order valence-corrected chi connectivity index (χ2v) is 10.0. The highest BCUT2D eigenvalue weighted by atomic mass is 35.5. The number of nitrogens with zero attached hydrogens (tertiary/aromatic N) is 1. The topological polar surface area (TPSA) is 97.3 Å². The average Bonchev–Trinajstić information content (AvgIpc) is 3.24. The van der Waals surface area contributed by atoms with E-state index in [1.54, 1.807) is 24.3 Å². The highest BCUT2D eigenvalue weighted by Crippen LogP contribution is 2.51. The summed E-state index contributed by atoms with van der Waals surface area (Å²) in [5, 5.41) is 5.63. The van der Waals surface area contributed by atoms with Crippen LogP contribution in [-0.2, 0) is 20.9 Å². The van der Waals surface area contributed by atoms with E-state index in [9.17, 15) is 19.2 Å². The predicted molar refractivity (Wildman–Crippen MR) is 123 cm³/mol. The molecule has 5 rings (SSSR count). The van der Waals surface area contributed by atoms with Crippen LogP contribution in [0.1, 0.15) is 16.4 Å². The van der Waals surface area contributed by atoms with Crippen LogP contribution in [0.4, 0.5) is 5.69 Å². The molecule has 3 atom stereocenters. The number of nitrogens with one attached hydrogen (secondary N) is 2. The van der Waals surface area contributed by atoms with Crippen molar-refractivity contribution in [2.24, 2.45) is 5.92 Å². The standard InChI is InChI=1S/C22H16ClN3O4S2/c23-12-6-8-13(9-7-12)24-14(27)10-26-21-18(32-22(26)30)15(11-4-2-1-3-5-11)16-17(31-21)20(29)25-19(16)28/h1-9,15-17H,10H2,(H,24,27)(H,25,28,29)/t15-,16?,17?/m0/s1. The van der Waals surface area contributed by atoms with Gasteiger partial charge in [0, 0.05) is 21.5 Å². The number of benzene rings is 2. The third-order valence-corrected chi connectivity index (χ3v) is 8.34. The van der Waals surface area contributed by atoms with Gasteiger partial charge in [0.2, 0.25) is 17.7 Å². The minimum atomic E-state index is -0.653. The number of halogens is 1. The Morgan fingerprint density at radius 1 is 1.03 bits per heavy atom. The molecule has 0 spiro atoms. The summed E-state index contributed by atoms with van der Waals surface area (Å²) in [6.07, 6.45) is 0. The van der Waals surface area contributed by atoms with Gasteiger partial charge in [0.05, 0.1) is 10.9 Å². The SMILES string of the molecule is O=C(Cn1c2c(sc1=O)[C@@H](c1ccccc1)C1C(=O)NC(=O)C1S2)Nc1ccc(Cl)cc1. The van der Waals surface area contributed by atoms with Crippen molar-refractivity contribution in [1.82, 2.24) is 9.88 Å². The van der Waals surface area contributed by atoms with E-state index in [1.165, 1.54) is 16.3 Å². The van der Waals surface area contributed by atoms with Crippen molar-refractivity contribution >= 4 is 58.1 Å². The lowest BCUT2D eigenvalue weighted by Crippen LogP contribution is -2.32. The summed E-state index contributed by atoms with van der Waals surface area (Å²) in [5.74, 6) is -2.10. The number of fused-ring (bicyclic) bond motifs is 2. The number of aromatic nitrogens is 1. The number of anilines is 1. The molecule has 3 amide bonds. The normalized spacial score (nSPS) is 21.6. The Kier molecular flexibility index (Phi) is 5.40. The highest BCUT2D eigenvalue weighted by Gasteiger charge is 2.52. The minimum absolute atomic E-state index is 0.200. The van der Waals surface area contributed by atoms with Crippen LogP contribution < -0.4 is 15.5 Å². The first-order valence-electron chi connectivity index (χ1n) is 9.77. The first-order chi connectivity index (χ1) is 15.4. The third-order valence-electron chi connectivity index (χ3n) is 5.48. The van der Waals surface area contributed by atoms with E-state index in [-0.39, 0.29) is 29.1 Å². The smallest absolute Gasteiger partial charge is 0.308 e. The van der Waals surface area contributed by atoms with Crippen LogP contribution in [0.25, 0.3) is 0 Å². The Bertz CT molecular complexity index is 1290. The van der Waals surface area contributed by atoms with Gasteiger partial charge in [0.1, 0.15) is 11.8 Å². The van der Waals surface area contributed by atoms with Gasteiger partial charge >= 0.3 is 4.87 Å². The van der Waals surface area contributed by atoms with Crippen LogP contribution in [-0.4, -0.2) is 27.5 Å². The fourth-order valence-corrected chi connectivity index (χ4v) is 6.94. The zero-order valence-electron chi connectivity index (χ0n) is 16.4. The summed E-state index contributed by atoms with van der Waals surface area (Å²) >= 11 is 8.08. The molecule has 2 unspecified atom stereocenters. The van der Waals surface area contributed by atoms with Crippen molar-refractivity contribution in [3.8, 4) is 0 Å². The molecule has 2 aromatic carbocycles. The Hall–Kier alpha value is -2.88. The van der Waals surface area contributed by atoms with Gasteiger partial charge in [-0.3, -0.25) is 29.1 Å². The number of hydrogen-bond acceptors (Lipinski definition) is 6. The molecule has 1 fully saturated rings. The van der Waals surface area contributed by atoms with Crippen LogP contribution in [0.15, 0.2) is 64.4 Å². The molecular formula is C22H16ClN3O4S2. The molecule has 10 heteroatoms. The molecule has 2 aliphatic heterocycles. The summed E-state index contributed by atoms with van der Waals surface area (Å²) in [5.41, 5.74) is 1.42. The number of thioether (sulfide) groups is 1. The van der Waals surface area contributed by atoms with Crippen molar-refractivity contribution in [3.63, 3.8) is 0 Å². The molecule has 7 nitrogen and oxygen atoms in total. The summed E-state index contributed by atoms with van der Waals surface area (Å²) < 4.78 is 1.39. The first kappa shape index (κ1) is 21.0. The van der Waals surface area contributed by atoms with E-state index in [0.717, 1.165) is 16.9 Å². The molecule has 0 radical (unpaired) electrons. The van der Waals surface area contributed by atoms with Gasteiger partial charge in [-0.1, -0.05) is 65.0 Å². The second-order valence-electron chi connectivity index (χ2n) is 7.48. The number of amides is 3. The fourth-order valence-electron chi connectivity index (χ4n) is 4.07. The predicted octanol–water partition coefficient (Wildman–Crippen LogP) is 3.08. The maximum Gasteiger partial charge on any atom is 0.308 e. The van der Waals surface area contributed by atoms with Crippen LogP contribution in [0.5, 0.6) is 0 Å². The number of hydrogen-bond donors (Lipinski definition) is 2. The van der Waals surface area contributed by atoms with Crippen LogP contribution in [0.3, 0.4) is 0 Å². The van der Waals surface area contributed by atoms with Gasteiger partial charge in [0.25, 0.3) is 0 Å². The van der Waals surface area contributed by atoms with E-state index in [4.69, 9.17) is 11.6 Å². The van der Waals surface area contributed by atoms with Crippen molar-refractivity contribution in [2.75, 3.05) is 5.32 Å². The molecule has 3 heterocycles. The van der Waals surface area contributed by atoms with Crippen molar-refractivity contribution in [1.29, 1.82) is 0 Å². The van der Waals surface area contributed by atoms with Crippen molar-refractivity contribution in [2.45, 2.75) is 22.7 Å². The number of rotatable bonds is 4. The van der Waals surface area contributed by atoms with E-state index in [0.29, 0.717) is 20.6 Å². The van der Waals surface area contributed by atoms with Gasteiger partial charge < -0.3 is 5.32 Å². The van der Waals surface area contributed by atoms with Crippen molar-refractivity contribution in [3.05, 3.63) is 79.7 Å². The van der Waals surface area contributed by atoms with Crippen LogP contribution in [0, 0.1) is 5.92 Å². The van der Waals surface area contributed by atoms with Gasteiger partial charge in [-0.05, 0) is 29.8 Å². The molecule has 0 aliphatic carbocycles. The Morgan fingerprint density at radius 2 is 1.75 bits per heavy atom. The summed E-state index contributed by atoms with van der Waals surface area (Å²) in [4.78, 5) is 51.0. The number of imide groups is 1. The monoisotopic (exact) mass is 485 g/mol. The Labute approximate surface area is 195 Å². The number of thiazole rings is 1. The Balaban J connectivity index is 1.52. The molecule has 2 aliphatic rings. The van der Waals surface area contributed by atoms with Gasteiger partial charge in [-0.25, -0.2) is 0 Å².